The van der Waals surface area contributed by atoms with Crippen LogP contribution in [0, 0.1) is 5.92 Å². The first-order valence-corrected chi connectivity index (χ1v) is 4.37. The molecule has 0 N–H and O–H groups in total. The van der Waals surface area contributed by atoms with Gasteiger partial charge in [0, 0.05) is 11.4 Å². The molecule has 76 valence electrons. The van der Waals surface area contributed by atoms with Crippen molar-refractivity contribution in [2.24, 2.45) is 15.9 Å². The number of urea groups is 1. The number of nitrogens with zero attached hydrogens (tertiary/aromatic N) is 2. The first-order chi connectivity index (χ1) is 6.56. The normalized spacial score (nSPS) is 17.5. The fourth-order valence-electron chi connectivity index (χ4n) is 1.32. The first-order valence-electron chi connectivity index (χ1n) is 4.37. The van der Waals surface area contributed by atoms with E-state index in [2.05, 4.69) is 9.98 Å². The Bertz CT molecular complexity index is 309. The number of carbonyl (C=O) groups is 2. The van der Waals surface area contributed by atoms with E-state index in [9.17, 15) is 9.59 Å². The molecule has 1 aliphatic heterocycles. The number of hydrogen-bond acceptors (Lipinski definition) is 3. The summed E-state index contributed by atoms with van der Waals surface area (Å²) >= 11 is 0. The highest BCUT2D eigenvalue weighted by Gasteiger charge is 2.29. The van der Waals surface area contributed by atoms with Crippen LogP contribution in [-0.4, -0.2) is 30.0 Å². The van der Waals surface area contributed by atoms with E-state index in [1.54, 1.807) is 20.8 Å². The van der Waals surface area contributed by atoms with Gasteiger partial charge in [-0.05, 0) is 20.8 Å². The van der Waals surface area contributed by atoms with Crippen molar-refractivity contribution in [2.45, 2.75) is 20.8 Å². The van der Waals surface area contributed by atoms with Crippen LogP contribution in [0.4, 0.5) is 4.79 Å². The van der Waals surface area contributed by atoms with Crippen molar-refractivity contribution in [1.29, 1.82) is 0 Å². The maximum absolute atomic E-state index is 11.4. The second-order valence-electron chi connectivity index (χ2n) is 2.97. The molecule has 0 fully saturated rings. The minimum atomic E-state index is -0.590. The molecule has 5 nitrogen and oxygen atoms in total. The molecular weight excluding hydrogens is 184 g/mol. The molecule has 0 saturated carbocycles. The molecule has 1 rings (SSSR count). The fourth-order valence-corrected chi connectivity index (χ4v) is 1.32. The Labute approximate surface area is 81.9 Å². The molecule has 0 aromatic carbocycles. The zero-order valence-corrected chi connectivity index (χ0v) is 8.40. The van der Waals surface area contributed by atoms with Gasteiger partial charge in [-0.15, -0.1) is 0 Å². The zero-order valence-electron chi connectivity index (χ0n) is 8.40. The average Bonchev–Trinajstić information content (AvgIpc) is 2.01. The lowest BCUT2D eigenvalue weighted by Gasteiger charge is -2.17. The third-order valence-corrected chi connectivity index (χ3v) is 1.90. The minimum absolute atomic E-state index is 0.309. The summed E-state index contributed by atoms with van der Waals surface area (Å²) in [6.07, 6.45) is 0. The predicted octanol–water partition coefficient (Wildman–Crippen LogP) is 1.22. The van der Waals surface area contributed by atoms with Crippen LogP contribution in [0.25, 0.3) is 0 Å². The number of carbonyl (C=O) groups excluding carboxylic acids is 2. The van der Waals surface area contributed by atoms with Crippen molar-refractivity contribution in [1.82, 2.24) is 0 Å². The number of rotatable bonds is 2. The topological polar surface area (TPSA) is 68.1 Å². The average molecular weight is 196 g/mol. The number of aliphatic imine (C=N–C) groups is 2. The molecule has 0 aliphatic carbocycles. The van der Waals surface area contributed by atoms with Crippen molar-refractivity contribution in [2.75, 3.05) is 6.61 Å². The maximum atomic E-state index is 11.4. The van der Waals surface area contributed by atoms with Crippen LogP contribution in [0.3, 0.4) is 0 Å². The minimum Gasteiger partial charge on any atom is -0.465 e. The summed E-state index contributed by atoms with van der Waals surface area (Å²) in [6, 6.07) is -0.555. The Morgan fingerprint density at radius 1 is 1.36 bits per heavy atom. The van der Waals surface area contributed by atoms with Crippen molar-refractivity contribution in [3.63, 3.8) is 0 Å². The van der Waals surface area contributed by atoms with E-state index < -0.39 is 17.9 Å². The summed E-state index contributed by atoms with van der Waals surface area (Å²) in [7, 11) is 0. The van der Waals surface area contributed by atoms with Gasteiger partial charge in [-0.1, -0.05) is 0 Å². The lowest BCUT2D eigenvalue weighted by Crippen LogP contribution is -2.33. The Balaban J connectivity index is 2.88. The monoisotopic (exact) mass is 196 g/mol. The molecule has 0 spiro atoms. The number of hydrogen-bond donors (Lipinski definition) is 0. The van der Waals surface area contributed by atoms with Gasteiger partial charge in [0.15, 0.2) is 0 Å². The highest BCUT2D eigenvalue weighted by atomic mass is 16.5. The van der Waals surface area contributed by atoms with Crippen LogP contribution in [0.15, 0.2) is 9.98 Å². The van der Waals surface area contributed by atoms with Gasteiger partial charge < -0.3 is 4.74 Å². The van der Waals surface area contributed by atoms with Gasteiger partial charge in [-0.2, -0.15) is 0 Å². The maximum Gasteiger partial charge on any atom is 0.366 e. The molecule has 1 heterocycles. The summed E-state index contributed by atoms with van der Waals surface area (Å²) < 4.78 is 4.85. The summed E-state index contributed by atoms with van der Waals surface area (Å²) in [5.41, 5.74) is 0.891. The van der Waals surface area contributed by atoms with Crippen LogP contribution in [0.1, 0.15) is 20.8 Å². The predicted molar refractivity (Wildman–Crippen MR) is 51.7 cm³/mol. The van der Waals surface area contributed by atoms with Gasteiger partial charge in [-0.3, -0.25) is 4.79 Å². The van der Waals surface area contributed by atoms with E-state index in [1.165, 1.54) is 0 Å². The Morgan fingerprint density at radius 3 is 2.29 bits per heavy atom. The third kappa shape index (κ3) is 2.04. The van der Waals surface area contributed by atoms with Gasteiger partial charge in [0.05, 0.1) is 6.61 Å². The van der Waals surface area contributed by atoms with E-state index in [0.717, 1.165) is 0 Å². The molecule has 14 heavy (non-hydrogen) atoms. The van der Waals surface area contributed by atoms with E-state index in [-0.39, 0.29) is 0 Å². The molecule has 5 heteroatoms. The number of ether oxygens (including phenoxy) is 1. The van der Waals surface area contributed by atoms with Gasteiger partial charge >= 0.3 is 12.0 Å². The van der Waals surface area contributed by atoms with Gasteiger partial charge in [0.2, 0.25) is 0 Å². The molecule has 0 aromatic rings. The van der Waals surface area contributed by atoms with Gasteiger partial charge in [0.25, 0.3) is 0 Å². The second-order valence-corrected chi connectivity index (χ2v) is 2.97. The first kappa shape index (κ1) is 10.6. The van der Waals surface area contributed by atoms with Crippen molar-refractivity contribution < 1.29 is 14.3 Å². The van der Waals surface area contributed by atoms with E-state index >= 15 is 0 Å². The molecule has 0 unspecified atom stereocenters. The summed E-state index contributed by atoms with van der Waals surface area (Å²) in [6.45, 7) is 5.28. The SMILES string of the molecule is CCOC(=O)C1C(C)=NC(=O)N=C1C. The molecule has 0 radical (unpaired) electrons. The van der Waals surface area contributed by atoms with Crippen LogP contribution in [0.5, 0.6) is 0 Å². The highest BCUT2D eigenvalue weighted by molar-refractivity contribution is 6.25. The molecule has 1 aliphatic rings. The quantitative estimate of drug-likeness (QED) is 0.623. The summed E-state index contributed by atoms with van der Waals surface area (Å²) in [5.74, 6) is -0.991. The van der Waals surface area contributed by atoms with Gasteiger partial charge in [0.1, 0.15) is 5.92 Å². The zero-order chi connectivity index (χ0) is 10.7. The van der Waals surface area contributed by atoms with Crippen LogP contribution < -0.4 is 0 Å². The molecule has 0 aromatic heterocycles. The second kappa shape index (κ2) is 4.13. The molecule has 0 saturated heterocycles. The van der Waals surface area contributed by atoms with Crippen LogP contribution >= 0.6 is 0 Å². The lowest BCUT2D eigenvalue weighted by atomic mass is 9.98. The smallest absolute Gasteiger partial charge is 0.366 e. The highest BCUT2D eigenvalue weighted by Crippen LogP contribution is 2.12. The molecule has 0 bridgehead atoms. The lowest BCUT2D eigenvalue weighted by molar-refractivity contribution is -0.143. The van der Waals surface area contributed by atoms with E-state index in [1.807, 2.05) is 0 Å². The Morgan fingerprint density at radius 2 is 1.86 bits per heavy atom. The molecule has 2 amide bonds. The summed E-state index contributed by atoms with van der Waals surface area (Å²) in [4.78, 5) is 29.5. The molecular formula is C9H12N2O3. The third-order valence-electron chi connectivity index (χ3n) is 1.90. The fraction of sp³-hybridized carbons (Fsp3) is 0.556. The van der Waals surface area contributed by atoms with Gasteiger partial charge in [-0.25, -0.2) is 14.8 Å². The number of esters is 1. The van der Waals surface area contributed by atoms with Crippen molar-refractivity contribution in [3.05, 3.63) is 0 Å². The number of amides is 2. The standard InChI is InChI=1S/C9H12N2O3/c1-4-14-8(12)7-5(2)10-9(13)11-6(7)3/h7H,4H2,1-3H3. The Hall–Kier alpha value is -1.52. The van der Waals surface area contributed by atoms with Crippen LogP contribution in [-0.2, 0) is 9.53 Å². The molecule has 0 atom stereocenters. The van der Waals surface area contributed by atoms with Crippen molar-refractivity contribution >= 4 is 23.4 Å². The largest absolute Gasteiger partial charge is 0.465 e. The van der Waals surface area contributed by atoms with Crippen LogP contribution in [0.2, 0.25) is 0 Å². The Kier molecular flexibility index (Phi) is 3.11. The van der Waals surface area contributed by atoms with E-state index in [0.29, 0.717) is 18.0 Å². The summed E-state index contributed by atoms with van der Waals surface area (Å²) in [5, 5.41) is 0. The van der Waals surface area contributed by atoms with Crippen molar-refractivity contribution in [3.8, 4) is 0 Å². The van der Waals surface area contributed by atoms with E-state index in [4.69, 9.17) is 4.74 Å².